The van der Waals surface area contributed by atoms with E-state index in [1.54, 1.807) is 22.0 Å². The number of rotatable bonds is 10. The molecular formula is C26H22F3N2O6S6-. The van der Waals surface area contributed by atoms with E-state index in [1.807, 2.05) is 40.6 Å². The summed E-state index contributed by atoms with van der Waals surface area (Å²) in [6.07, 6.45) is -3.02. The van der Waals surface area contributed by atoms with Gasteiger partial charge in [0.2, 0.25) is 5.52 Å². The molecule has 0 bridgehead atoms. The van der Waals surface area contributed by atoms with Crippen LogP contribution in [0.25, 0.3) is 26.7 Å². The highest BCUT2D eigenvalue weighted by Crippen LogP contribution is 2.49. The molecular weight excluding hydrogens is 686 g/mol. The van der Waals surface area contributed by atoms with Gasteiger partial charge in [-0.3, -0.25) is 0 Å². The van der Waals surface area contributed by atoms with E-state index in [-0.39, 0.29) is 36.3 Å². The minimum atomic E-state index is -4.68. The molecule has 0 N–H and O–H groups in total. The van der Waals surface area contributed by atoms with Gasteiger partial charge in [-0.2, -0.15) is 17.7 Å². The summed E-state index contributed by atoms with van der Waals surface area (Å²) in [5, 5.41) is 3.07. The highest BCUT2D eigenvalue weighted by molar-refractivity contribution is 8.04. The zero-order valence-corrected chi connectivity index (χ0v) is 26.9. The molecule has 43 heavy (non-hydrogen) atoms. The second-order valence-electron chi connectivity index (χ2n) is 9.55. The normalized spacial score (nSPS) is 15.1. The summed E-state index contributed by atoms with van der Waals surface area (Å²) >= 11 is 8.13. The summed E-state index contributed by atoms with van der Waals surface area (Å²) in [6.45, 7) is 0.137. The van der Waals surface area contributed by atoms with Crippen molar-refractivity contribution < 1.29 is 43.7 Å². The topological polar surface area (TPSA) is 122 Å². The lowest BCUT2D eigenvalue weighted by Crippen LogP contribution is -2.36. The molecule has 4 aromatic rings. The fraction of sp³-hybridized carbons (Fsp3) is 0.269. The lowest BCUT2D eigenvalue weighted by molar-refractivity contribution is -0.668. The SMILES string of the molecule is O=S(=O)([O-])CCCN1C(=Cc2sc3cc(S)c(C(F)(F)F)cc3[n+]2CCCS(=O)(=O)[O-])Sc2ccc(-c3cccs3)cc21. The van der Waals surface area contributed by atoms with Gasteiger partial charge in [0, 0.05) is 45.2 Å². The molecule has 8 nitrogen and oxygen atoms in total. The van der Waals surface area contributed by atoms with E-state index >= 15 is 0 Å². The van der Waals surface area contributed by atoms with Crippen LogP contribution in [0.4, 0.5) is 18.9 Å². The van der Waals surface area contributed by atoms with Gasteiger partial charge in [-0.15, -0.1) is 24.0 Å². The number of hydrogen-bond donors (Lipinski definition) is 1. The summed E-state index contributed by atoms with van der Waals surface area (Å²) in [4.78, 5) is 3.48. The largest absolute Gasteiger partial charge is 0.748 e. The van der Waals surface area contributed by atoms with Crippen molar-refractivity contribution in [2.24, 2.45) is 0 Å². The summed E-state index contributed by atoms with van der Waals surface area (Å²) in [7, 11) is -9.00. The van der Waals surface area contributed by atoms with Crippen molar-refractivity contribution in [1.29, 1.82) is 0 Å². The Hall–Kier alpha value is -2.12. The number of aromatic nitrogens is 1. The predicted molar refractivity (Wildman–Crippen MR) is 164 cm³/mol. The molecule has 5 rings (SSSR count). The molecule has 3 heterocycles. The molecule has 2 aromatic heterocycles. The van der Waals surface area contributed by atoms with Gasteiger partial charge in [-0.25, -0.2) is 16.8 Å². The number of anilines is 1. The molecule has 1 aliphatic rings. The van der Waals surface area contributed by atoms with Crippen molar-refractivity contribution in [3.05, 3.63) is 63.4 Å². The van der Waals surface area contributed by atoms with E-state index in [0.717, 1.165) is 27.1 Å². The Balaban J connectivity index is 1.60. The minimum Gasteiger partial charge on any atom is -0.748 e. The maximum atomic E-state index is 13.7. The number of thioether (sulfide) groups is 1. The van der Waals surface area contributed by atoms with Gasteiger partial charge in [0.25, 0.3) is 5.01 Å². The van der Waals surface area contributed by atoms with Crippen LogP contribution in [0, 0.1) is 0 Å². The average molecular weight is 708 g/mol. The molecule has 0 fully saturated rings. The van der Waals surface area contributed by atoms with Crippen LogP contribution in [0.15, 0.2) is 62.7 Å². The van der Waals surface area contributed by atoms with Gasteiger partial charge in [-0.1, -0.05) is 35.2 Å². The van der Waals surface area contributed by atoms with E-state index < -0.39 is 43.5 Å². The first-order valence-corrected chi connectivity index (χ1v) is 18.7. The lowest BCUT2D eigenvalue weighted by atomic mass is 10.1. The van der Waals surface area contributed by atoms with Crippen LogP contribution in [0.2, 0.25) is 0 Å². The van der Waals surface area contributed by atoms with Gasteiger partial charge < -0.3 is 14.0 Å². The number of thiophene rings is 1. The van der Waals surface area contributed by atoms with Gasteiger partial charge in [0.1, 0.15) is 4.70 Å². The quantitative estimate of drug-likeness (QED) is 0.121. The van der Waals surface area contributed by atoms with Crippen molar-refractivity contribution in [2.45, 2.75) is 35.4 Å². The molecule has 1 aliphatic heterocycles. The maximum absolute atomic E-state index is 13.7. The van der Waals surface area contributed by atoms with Crippen molar-refractivity contribution >= 4 is 89.3 Å². The molecule has 0 saturated carbocycles. The third-order valence-corrected chi connectivity index (χ3v) is 11.6. The Morgan fingerprint density at radius 3 is 2.37 bits per heavy atom. The zero-order chi connectivity index (χ0) is 31.2. The van der Waals surface area contributed by atoms with Gasteiger partial charge in [-0.05, 0) is 41.6 Å². The fourth-order valence-electron chi connectivity index (χ4n) is 4.64. The number of nitrogens with zero attached hydrogens (tertiary/aromatic N) is 2. The summed E-state index contributed by atoms with van der Waals surface area (Å²) in [5.41, 5.74) is 0.978. The number of thiol groups is 1. The average Bonchev–Trinajstić information content (AvgIpc) is 3.60. The summed E-state index contributed by atoms with van der Waals surface area (Å²) in [6, 6.07) is 12.0. The number of aryl methyl sites for hydroxylation is 1. The smallest absolute Gasteiger partial charge is 0.417 e. The number of halogens is 3. The predicted octanol–water partition coefficient (Wildman–Crippen LogP) is 6.01. The van der Waals surface area contributed by atoms with Crippen molar-refractivity contribution in [2.75, 3.05) is 23.0 Å². The van der Waals surface area contributed by atoms with E-state index in [0.29, 0.717) is 14.7 Å². The third kappa shape index (κ3) is 7.76. The third-order valence-electron chi connectivity index (χ3n) is 6.49. The second kappa shape index (κ2) is 12.3. The number of alkyl halides is 3. The molecule has 17 heteroatoms. The summed E-state index contributed by atoms with van der Waals surface area (Å²) < 4.78 is 111. The Kier molecular flexibility index (Phi) is 9.27. The number of fused-ring (bicyclic) bond motifs is 2. The molecule has 0 saturated heterocycles. The van der Waals surface area contributed by atoms with Crippen LogP contribution in [0.3, 0.4) is 0 Å². The zero-order valence-electron chi connectivity index (χ0n) is 21.9. The lowest BCUT2D eigenvalue weighted by Gasteiger charge is -2.21. The second-order valence-corrected chi connectivity index (χ2v) is 16.2. The van der Waals surface area contributed by atoms with Crippen LogP contribution in [0.5, 0.6) is 0 Å². The van der Waals surface area contributed by atoms with Crippen LogP contribution in [-0.2, 0) is 33.0 Å². The first-order chi connectivity index (χ1) is 20.1. The van der Waals surface area contributed by atoms with Gasteiger partial charge in [0.05, 0.1) is 42.6 Å². The molecule has 230 valence electrons. The Bertz CT molecular complexity index is 1920. The van der Waals surface area contributed by atoms with E-state index in [1.165, 1.54) is 29.2 Å². The minimum absolute atomic E-state index is 0.0398. The maximum Gasteiger partial charge on any atom is 0.417 e. The standard InChI is InChI=1S/C26H23F3N2O6S6/c27-26(28,29)17-13-19-23(14-20(17)38)41-25(31(19)8-3-11-43(35,36)37)15-24-30(7-2-10-42(32,33)34)18-12-16(5-6-22(18)40-24)21-4-1-9-39-21/h1,4-6,9,12-15H,2-3,7-8,10-11H2,(H2-,32,33,34,35,36,37,38)/p-1. The Morgan fingerprint density at radius 1 is 1.00 bits per heavy atom. The van der Waals surface area contributed by atoms with Crippen molar-refractivity contribution in [3.63, 3.8) is 0 Å². The number of benzene rings is 2. The van der Waals surface area contributed by atoms with Crippen molar-refractivity contribution in [1.82, 2.24) is 0 Å². The fourth-order valence-corrected chi connectivity index (χ4v) is 9.06. The summed E-state index contributed by atoms with van der Waals surface area (Å²) in [5.74, 6) is -1.26. The van der Waals surface area contributed by atoms with E-state index in [4.69, 9.17) is 0 Å². The molecule has 0 atom stereocenters. The highest BCUT2D eigenvalue weighted by Gasteiger charge is 2.36. The van der Waals surface area contributed by atoms with Crippen LogP contribution in [-0.4, -0.2) is 44.0 Å². The first kappa shape index (κ1) is 32.3. The number of thiazole rings is 1. The Morgan fingerprint density at radius 2 is 1.72 bits per heavy atom. The van der Waals surface area contributed by atoms with Crippen LogP contribution in [0.1, 0.15) is 23.4 Å². The van der Waals surface area contributed by atoms with Gasteiger partial charge in [0.15, 0.2) is 6.54 Å². The Labute approximate surface area is 263 Å². The monoisotopic (exact) mass is 707 g/mol. The molecule has 0 amide bonds. The van der Waals surface area contributed by atoms with Crippen LogP contribution < -0.4 is 9.47 Å². The molecule has 0 radical (unpaired) electrons. The molecule has 0 aliphatic carbocycles. The van der Waals surface area contributed by atoms with Crippen LogP contribution >= 0.6 is 47.1 Å². The molecule has 2 aromatic carbocycles. The van der Waals surface area contributed by atoms with Gasteiger partial charge >= 0.3 is 6.18 Å². The first-order valence-electron chi connectivity index (χ1n) is 12.6. The molecule has 0 unspecified atom stereocenters. The van der Waals surface area contributed by atoms with Crippen molar-refractivity contribution in [3.8, 4) is 10.4 Å². The highest BCUT2D eigenvalue weighted by atomic mass is 32.2. The number of hydrogen-bond acceptors (Lipinski definition) is 11. The molecule has 0 spiro atoms. The van der Waals surface area contributed by atoms with E-state index in [9.17, 15) is 39.1 Å². The van der Waals surface area contributed by atoms with E-state index in [2.05, 4.69) is 12.6 Å².